The highest BCUT2D eigenvalue weighted by molar-refractivity contribution is 5.84. The number of hydrogen-bond acceptors (Lipinski definition) is 6. The van der Waals surface area contributed by atoms with E-state index in [0.717, 1.165) is 5.56 Å². The molecule has 2 aliphatic rings. The summed E-state index contributed by atoms with van der Waals surface area (Å²) in [6.07, 6.45) is 4.34. The van der Waals surface area contributed by atoms with Gasteiger partial charge in [0.2, 0.25) is 6.29 Å². The van der Waals surface area contributed by atoms with Crippen LogP contribution in [0, 0.1) is 11.8 Å². The van der Waals surface area contributed by atoms with Crippen LogP contribution >= 0.6 is 0 Å². The number of fused-ring (bicyclic) bond motifs is 1. The second-order valence-corrected chi connectivity index (χ2v) is 8.05. The van der Waals surface area contributed by atoms with E-state index in [9.17, 15) is 19.8 Å². The minimum absolute atomic E-state index is 0.0382. The van der Waals surface area contributed by atoms with Gasteiger partial charge in [-0.2, -0.15) is 0 Å². The molecule has 0 radical (unpaired) electrons. The molecule has 0 saturated heterocycles. The lowest BCUT2D eigenvalue weighted by Gasteiger charge is -2.30. The molecule has 0 aromatic heterocycles. The van der Waals surface area contributed by atoms with Crippen molar-refractivity contribution in [1.82, 2.24) is 0 Å². The number of allylic oxidation sites excluding steroid dienone is 2. The number of Topliss-reactive ketones (excluding diaryl/α,β-unsaturated/α-hetero) is 1. The first-order valence-corrected chi connectivity index (χ1v) is 10.6. The molecular weight excluding hydrogens is 388 g/mol. The van der Waals surface area contributed by atoms with Gasteiger partial charge in [0.25, 0.3) is 0 Å². The van der Waals surface area contributed by atoms with Crippen LogP contribution in [0.15, 0.2) is 36.4 Å². The van der Waals surface area contributed by atoms with Gasteiger partial charge in [0, 0.05) is 24.3 Å². The van der Waals surface area contributed by atoms with Crippen molar-refractivity contribution >= 4 is 11.8 Å². The summed E-state index contributed by atoms with van der Waals surface area (Å²) in [5.74, 6) is -0.569. The molecule has 1 fully saturated rings. The topological polar surface area (TPSA) is 113 Å². The molecule has 0 bridgehead atoms. The molecule has 0 unspecified atom stereocenters. The Hall–Kier alpha value is -2.22. The van der Waals surface area contributed by atoms with Crippen molar-refractivity contribution < 1.29 is 34.4 Å². The number of hydrogen-bond donors (Lipinski definition) is 3. The lowest BCUT2D eigenvalue weighted by Crippen LogP contribution is -2.37. The van der Waals surface area contributed by atoms with Crippen molar-refractivity contribution in [1.29, 1.82) is 0 Å². The number of ether oxygens (including phenoxy) is 2. The lowest BCUT2D eigenvalue weighted by molar-refractivity contribution is -0.168. The fraction of sp³-hybridized carbons (Fsp3) is 0.565. The number of aliphatic carboxylic acids is 1. The van der Waals surface area contributed by atoms with Gasteiger partial charge >= 0.3 is 5.97 Å². The Labute approximate surface area is 176 Å². The summed E-state index contributed by atoms with van der Waals surface area (Å²) >= 11 is 0. The average molecular weight is 418 g/mol. The van der Waals surface area contributed by atoms with Crippen LogP contribution < -0.4 is 4.74 Å². The first-order valence-electron chi connectivity index (χ1n) is 10.6. The highest BCUT2D eigenvalue weighted by Gasteiger charge is 2.41. The van der Waals surface area contributed by atoms with E-state index in [1.807, 2.05) is 36.4 Å². The quantitative estimate of drug-likeness (QED) is 0.395. The fourth-order valence-electron chi connectivity index (χ4n) is 4.21. The zero-order valence-corrected chi connectivity index (χ0v) is 17.0. The van der Waals surface area contributed by atoms with Gasteiger partial charge in [-0.15, -0.1) is 0 Å². The summed E-state index contributed by atoms with van der Waals surface area (Å²) in [6.45, 7) is 0.373. The van der Waals surface area contributed by atoms with E-state index >= 15 is 0 Å². The standard InChI is InChI=1S/C23H30O7/c24-18(23-29-14-15-7-5-6-9-21(15)30-23)12-11-17-16(19(25)13-20(17)26)8-3-1-2-4-10-22(27)28/h1,3,5-7,9,16-18,20,23-24,26H,2,4,8,10-14H2,(H,27,28)/t16-,17-,18-,20-,23+/m1/s1. The molecule has 0 spiro atoms. The molecule has 7 nitrogen and oxygen atoms in total. The van der Waals surface area contributed by atoms with Crippen molar-refractivity contribution in [3.05, 3.63) is 42.0 Å². The largest absolute Gasteiger partial charge is 0.481 e. The van der Waals surface area contributed by atoms with E-state index in [1.54, 1.807) is 0 Å². The molecule has 1 aromatic carbocycles. The second kappa shape index (κ2) is 10.7. The van der Waals surface area contributed by atoms with E-state index in [1.165, 1.54) is 0 Å². The number of ketones is 1. The molecule has 164 valence electrons. The monoisotopic (exact) mass is 418 g/mol. The molecule has 1 saturated carbocycles. The maximum atomic E-state index is 12.3. The van der Waals surface area contributed by atoms with Crippen molar-refractivity contribution in [2.75, 3.05) is 0 Å². The van der Waals surface area contributed by atoms with E-state index < -0.39 is 24.5 Å². The van der Waals surface area contributed by atoms with E-state index in [0.29, 0.717) is 44.5 Å². The lowest BCUT2D eigenvalue weighted by atomic mass is 9.86. The average Bonchev–Trinajstić information content (AvgIpc) is 3.00. The summed E-state index contributed by atoms with van der Waals surface area (Å²) in [5.41, 5.74) is 0.938. The Morgan fingerprint density at radius 1 is 1.27 bits per heavy atom. The minimum atomic E-state index is -0.853. The summed E-state index contributed by atoms with van der Waals surface area (Å²) in [7, 11) is 0. The number of para-hydroxylation sites is 1. The number of benzene rings is 1. The predicted octanol–water partition coefficient (Wildman–Crippen LogP) is 2.83. The van der Waals surface area contributed by atoms with Gasteiger partial charge in [0.15, 0.2) is 0 Å². The molecule has 1 aliphatic heterocycles. The zero-order chi connectivity index (χ0) is 21.5. The van der Waals surface area contributed by atoms with Crippen LogP contribution in [0.2, 0.25) is 0 Å². The van der Waals surface area contributed by atoms with Gasteiger partial charge in [0.05, 0.1) is 12.7 Å². The van der Waals surface area contributed by atoms with Crippen LogP contribution in [0.3, 0.4) is 0 Å². The molecule has 1 aliphatic carbocycles. The zero-order valence-electron chi connectivity index (χ0n) is 17.0. The summed E-state index contributed by atoms with van der Waals surface area (Å²) < 4.78 is 11.4. The Balaban J connectivity index is 1.48. The highest BCUT2D eigenvalue weighted by atomic mass is 16.7. The molecule has 3 N–H and O–H groups in total. The molecule has 1 heterocycles. The number of carboxylic acid groups (broad SMARTS) is 1. The first kappa shape index (κ1) is 22.5. The van der Waals surface area contributed by atoms with Crippen LogP contribution in [0.5, 0.6) is 5.75 Å². The van der Waals surface area contributed by atoms with Gasteiger partial charge in [-0.25, -0.2) is 0 Å². The third-order valence-electron chi connectivity index (χ3n) is 5.88. The van der Waals surface area contributed by atoms with Crippen molar-refractivity contribution in [2.24, 2.45) is 11.8 Å². The summed E-state index contributed by atoms with van der Waals surface area (Å²) in [5, 5.41) is 29.5. The number of aliphatic hydroxyl groups is 2. The fourth-order valence-corrected chi connectivity index (χ4v) is 4.21. The maximum Gasteiger partial charge on any atom is 0.303 e. The van der Waals surface area contributed by atoms with E-state index in [2.05, 4.69) is 0 Å². The van der Waals surface area contributed by atoms with Gasteiger partial charge in [-0.3, -0.25) is 9.59 Å². The number of aliphatic hydroxyl groups excluding tert-OH is 2. The first-order chi connectivity index (χ1) is 14.5. The molecule has 1 aromatic rings. The Kier molecular flexibility index (Phi) is 8.01. The van der Waals surface area contributed by atoms with Gasteiger partial charge in [0.1, 0.15) is 17.6 Å². The van der Waals surface area contributed by atoms with Crippen molar-refractivity contribution in [3.63, 3.8) is 0 Å². The highest BCUT2D eigenvalue weighted by Crippen LogP contribution is 2.36. The molecule has 30 heavy (non-hydrogen) atoms. The normalized spacial score (nSPS) is 27.1. The number of carbonyl (C=O) groups is 2. The SMILES string of the molecule is O=C(O)CCCC=CC[C@H]1C(=O)C[C@@H](O)[C@@H]1CC[C@@H](O)[C@H]1OCc2ccccc2O1. The molecular formula is C23H30O7. The summed E-state index contributed by atoms with van der Waals surface area (Å²) in [6, 6.07) is 7.53. The Morgan fingerprint density at radius 2 is 2.07 bits per heavy atom. The van der Waals surface area contributed by atoms with Crippen molar-refractivity contribution in [2.45, 2.75) is 70.1 Å². The van der Waals surface area contributed by atoms with Gasteiger partial charge in [-0.05, 0) is 44.1 Å². The number of carbonyl (C=O) groups excluding carboxylic acids is 1. The molecule has 5 atom stereocenters. The molecule has 7 heteroatoms. The van der Waals surface area contributed by atoms with Crippen LogP contribution in [0.25, 0.3) is 0 Å². The van der Waals surface area contributed by atoms with Crippen LogP contribution in [-0.4, -0.2) is 45.6 Å². The second-order valence-electron chi connectivity index (χ2n) is 8.05. The van der Waals surface area contributed by atoms with Crippen molar-refractivity contribution in [3.8, 4) is 5.75 Å². The third-order valence-corrected chi connectivity index (χ3v) is 5.88. The van der Waals surface area contributed by atoms with Crippen LogP contribution in [-0.2, 0) is 20.9 Å². The minimum Gasteiger partial charge on any atom is -0.481 e. The third kappa shape index (κ3) is 5.90. The Morgan fingerprint density at radius 3 is 2.87 bits per heavy atom. The maximum absolute atomic E-state index is 12.3. The molecule has 3 rings (SSSR count). The van der Waals surface area contributed by atoms with Crippen LogP contribution in [0.1, 0.15) is 50.5 Å². The number of unbranched alkanes of at least 4 members (excludes halogenated alkanes) is 1. The van der Waals surface area contributed by atoms with E-state index in [4.69, 9.17) is 14.6 Å². The van der Waals surface area contributed by atoms with Crippen LogP contribution in [0.4, 0.5) is 0 Å². The van der Waals surface area contributed by atoms with E-state index in [-0.39, 0.29) is 30.5 Å². The summed E-state index contributed by atoms with van der Waals surface area (Å²) in [4.78, 5) is 22.8. The number of rotatable bonds is 10. The number of carboxylic acids is 1. The smallest absolute Gasteiger partial charge is 0.303 e. The predicted molar refractivity (Wildman–Crippen MR) is 109 cm³/mol. The molecule has 0 amide bonds. The van der Waals surface area contributed by atoms with Gasteiger partial charge < -0.3 is 24.8 Å². The van der Waals surface area contributed by atoms with Gasteiger partial charge in [-0.1, -0.05) is 30.4 Å². The Bertz CT molecular complexity index is 760.